The molecule has 0 aromatic rings. The summed E-state index contributed by atoms with van der Waals surface area (Å²) in [5.74, 6) is -1.05. The maximum Gasteiger partial charge on any atom is 0.310 e. The first-order valence-electron chi connectivity index (χ1n) is 32.9. The highest BCUT2D eigenvalue weighted by atomic mass is 16.6. The molecule has 0 aliphatic rings. The number of esters is 3. The van der Waals surface area contributed by atoms with Crippen LogP contribution in [0.25, 0.3) is 0 Å². The molecule has 0 rings (SSSR count). The molecular formula is C70H124O6. The molecule has 0 fully saturated rings. The van der Waals surface area contributed by atoms with Gasteiger partial charge in [0.1, 0.15) is 13.2 Å². The standard InChI is InChI=1S/C70H124O6/c1-4-7-10-13-16-19-22-24-26-27-28-29-30-31-32-33-34-35-36-37-38-39-40-41-42-43-45-46-48-51-54-57-60-63-69(72)75-66-67(65-74-68(71)62-59-56-53-50-21-18-15-12-9-6-3)76-70(73)64-61-58-55-52-49-47-44-25-23-20-17-14-11-8-5-2/h8,11-12,15,17,20,25,44,49,52,58,61,67H,4-7,9-10,13-14,16,18-19,21-24,26-43,45-48,50-51,53-57,59-60,62-66H2,1-3H3/b11-8-,15-12-,20-17-,44-25-,52-49-,61-58-. The Kier molecular flexibility index (Phi) is 61.7. The number of carbonyl (C=O) groups excluding carboxylic acids is 3. The predicted molar refractivity (Wildman–Crippen MR) is 330 cm³/mol. The molecule has 0 spiro atoms. The number of hydrogen-bond acceptors (Lipinski definition) is 6. The maximum atomic E-state index is 12.8. The molecule has 0 N–H and O–H groups in total. The molecule has 0 radical (unpaired) electrons. The minimum atomic E-state index is -0.831. The Bertz CT molecular complexity index is 1400. The van der Waals surface area contributed by atoms with Gasteiger partial charge < -0.3 is 14.2 Å². The van der Waals surface area contributed by atoms with Gasteiger partial charge >= 0.3 is 17.9 Å². The quantitative estimate of drug-likeness (QED) is 0.0261. The predicted octanol–water partition coefficient (Wildman–Crippen LogP) is 22.5. The highest BCUT2D eigenvalue weighted by molar-refractivity contribution is 5.72. The van der Waals surface area contributed by atoms with E-state index >= 15 is 0 Å². The third-order valence-electron chi connectivity index (χ3n) is 14.5. The molecule has 440 valence electrons. The number of hydrogen-bond donors (Lipinski definition) is 0. The molecule has 0 saturated carbocycles. The first kappa shape index (κ1) is 72.8. The van der Waals surface area contributed by atoms with Gasteiger partial charge in [-0.05, 0) is 64.2 Å². The minimum absolute atomic E-state index is 0.0972. The van der Waals surface area contributed by atoms with Crippen molar-refractivity contribution in [2.45, 2.75) is 341 Å². The maximum absolute atomic E-state index is 12.8. The van der Waals surface area contributed by atoms with Crippen LogP contribution < -0.4 is 0 Å². The van der Waals surface area contributed by atoms with E-state index in [1.54, 1.807) is 6.08 Å². The van der Waals surface area contributed by atoms with Gasteiger partial charge in [-0.15, -0.1) is 0 Å². The first-order chi connectivity index (χ1) is 37.5. The molecule has 0 amide bonds. The summed E-state index contributed by atoms with van der Waals surface area (Å²) < 4.78 is 16.7. The minimum Gasteiger partial charge on any atom is -0.462 e. The fourth-order valence-corrected chi connectivity index (χ4v) is 9.58. The fourth-order valence-electron chi connectivity index (χ4n) is 9.58. The third kappa shape index (κ3) is 61.7. The van der Waals surface area contributed by atoms with Crippen LogP contribution in [-0.2, 0) is 28.6 Å². The summed E-state index contributed by atoms with van der Waals surface area (Å²) in [4.78, 5) is 38.0. The largest absolute Gasteiger partial charge is 0.462 e. The lowest BCUT2D eigenvalue weighted by atomic mass is 10.0. The van der Waals surface area contributed by atoms with Crippen molar-refractivity contribution in [3.05, 3.63) is 72.9 Å². The van der Waals surface area contributed by atoms with Crippen molar-refractivity contribution in [3.63, 3.8) is 0 Å². The lowest BCUT2D eigenvalue weighted by molar-refractivity contribution is -0.166. The van der Waals surface area contributed by atoms with E-state index in [0.717, 1.165) is 89.9 Å². The SMILES string of the molecule is CC/C=C\C/C=C\C/C=C\C/C=C\C/C=C\CC(=O)OC(COC(=O)CCCCCCC/C=C\CCC)COC(=O)CCCCCCCCCCCCCCCCCCCCCCCCCCCCCCCCCCC. The van der Waals surface area contributed by atoms with Crippen LogP contribution in [0, 0.1) is 0 Å². The summed E-state index contributed by atoms with van der Waals surface area (Å²) in [6.07, 6.45) is 84.2. The van der Waals surface area contributed by atoms with Gasteiger partial charge in [0.2, 0.25) is 0 Å². The third-order valence-corrected chi connectivity index (χ3v) is 14.5. The van der Waals surface area contributed by atoms with Crippen molar-refractivity contribution >= 4 is 17.9 Å². The van der Waals surface area contributed by atoms with E-state index in [0.29, 0.717) is 12.8 Å². The van der Waals surface area contributed by atoms with Gasteiger partial charge in [0.25, 0.3) is 0 Å². The van der Waals surface area contributed by atoms with Gasteiger partial charge in [0, 0.05) is 12.8 Å². The Morgan fingerprint density at radius 2 is 0.579 bits per heavy atom. The molecular weight excluding hydrogens is 937 g/mol. The summed E-state index contributed by atoms with van der Waals surface area (Å²) in [5, 5.41) is 0. The average Bonchev–Trinajstić information content (AvgIpc) is 3.42. The van der Waals surface area contributed by atoms with E-state index in [4.69, 9.17) is 14.2 Å². The molecule has 0 bridgehead atoms. The number of allylic oxidation sites excluding steroid dienone is 11. The molecule has 76 heavy (non-hydrogen) atoms. The molecule has 0 aliphatic heterocycles. The number of carbonyl (C=O) groups is 3. The first-order valence-corrected chi connectivity index (χ1v) is 32.9. The molecule has 0 aromatic heterocycles. The van der Waals surface area contributed by atoms with Crippen LogP contribution in [0.15, 0.2) is 72.9 Å². The normalized spacial score (nSPS) is 12.5. The zero-order chi connectivity index (χ0) is 55.0. The van der Waals surface area contributed by atoms with Crippen molar-refractivity contribution in [1.29, 1.82) is 0 Å². The second kappa shape index (κ2) is 64.4. The van der Waals surface area contributed by atoms with E-state index in [-0.39, 0.29) is 31.6 Å². The summed E-state index contributed by atoms with van der Waals surface area (Å²) in [5.41, 5.74) is 0. The van der Waals surface area contributed by atoms with E-state index < -0.39 is 12.1 Å². The van der Waals surface area contributed by atoms with Gasteiger partial charge in [0.15, 0.2) is 6.10 Å². The number of rotatable bonds is 60. The van der Waals surface area contributed by atoms with Crippen LogP contribution in [0.3, 0.4) is 0 Å². The van der Waals surface area contributed by atoms with E-state index in [9.17, 15) is 14.4 Å². The van der Waals surface area contributed by atoms with Crippen molar-refractivity contribution in [1.82, 2.24) is 0 Å². The van der Waals surface area contributed by atoms with Crippen LogP contribution in [0.1, 0.15) is 335 Å². The molecule has 0 aromatic carbocycles. The monoisotopic (exact) mass is 1060 g/mol. The van der Waals surface area contributed by atoms with Crippen LogP contribution in [-0.4, -0.2) is 37.2 Å². The zero-order valence-corrected chi connectivity index (χ0v) is 50.5. The van der Waals surface area contributed by atoms with Gasteiger partial charge in [-0.25, -0.2) is 0 Å². The van der Waals surface area contributed by atoms with Crippen molar-refractivity contribution in [2.75, 3.05) is 13.2 Å². The number of ether oxygens (including phenoxy) is 3. The Hall–Kier alpha value is -3.15. The van der Waals surface area contributed by atoms with Crippen molar-refractivity contribution in [2.24, 2.45) is 0 Å². The highest BCUT2D eigenvalue weighted by Gasteiger charge is 2.19. The number of unbranched alkanes of at least 4 members (excludes halogenated alkanes) is 38. The molecule has 6 heteroatoms. The Labute approximate surface area is 472 Å². The molecule has 0 heterocycles. The fraction of sp³-hybridized carbons (Fsp3) is 0.786. The smallest absolute Gasteiger partial charge is 0.310 e. The second-order valence-electron chi connectivity index (χ2n) is 22.0. The van der Waals surface area contributed by atoms with Crippen LogP contribution in [0.5, 0.6) is 0 Å². The Morgan fingerprint density at radius 1 is 0.289 bits per heavy atom. The Balaban J connectivity index is 4.08. The van der Waals surface area contributed by atoms with Crippen LogP contribution in [0.4, 0.5) is 0 Å². The molecule has 6 nitrogen and oxygen atoms in total. The lowest BCUT2D eigenvalue weighted by Gasteiger charge is -2.18. The second-order valence-corrected chi connectivity index (χ2v) is 22.0. The molecule has 0 aliphatic carbocycles. The van der Waals surface area contributed by atoms with Crippen LogP contribution >= 0.6 is 0 Å². The summed E-state index contributed by atoms with van der Waals surface area (Å²) in [6.45, 7) is 6.41. The van der Waals surface area contributed by atoms with Gasteiger partial charge in [-0.1, -0.05) is 325 Å². The summed E-state index contributed by atoms with van der Waals surface area (Å²) >= 11 is 0. The Morgan fingerprint density at radius 3 is 0.908 bits per heavy atom. The zero-order valence-electron chi connectivity index (χ0n) is 50.5. The topological polar surface area (TPSA) is 78.9 Å². The van der Waals surface area contributed by atoms with Gasteiger partial charge in [-0.3, -0.25) is 14.4 Å². The molecule has 1 atom stereocenters. The van der Waals surface area contributed by atoms with E-state index in [2.05, 4.69) is 81.5 Å². The van der Waals surface area contributed by atoms with E-state index in [1.165, 1.54) is 205 Å². The highest BCUT2D eigenvalue weighted by Crippen LogP contribution is 2.18. The van der Waals surface area contributed by atoms with Gasteiger partial charge in [-0.2, -0.15) is 0 Å². The van der Waals surface area contributed by atoms with Gasteiger partial charge in [0.05, 0.1) is 6.42 Å². The summed E-state index contributed by atoms with van der Waals surface area (Å²) in [7, 11) is 0. The molecule has 1 unspecified atom stereocenters. The summed E-state index contributed by atoms with van der Waals surface area (Å²) in [6, 6.07) is 0. The van der Waals surface area contributed by atoms with Crippen LogP contribution in [0.2, 0.25) is 0 Å². The average molecular weight is 1060 g/mol. The molecule has 0 saturated heterocycles. The van der Waals surface area contributed by atoms with E-state index in [1.807, 2.05) is 6.08 Å². The van der Waals surface area contributed by atoms with Crippen molar-refractivity contribution < 1.29 is 28.6 Å². The van der Waals surface area contributed by atoms with Crippen molar-refractivity contribution in [3.8, 4) is 0 Å². The lowest BCUT2D eigenvalue weighted by Crippen LogP contribution is -2.30.